The van der Waals surface area contributed by atoms with E-state index in [1.165, 1.54) is 6.07 Å². The Kier molecular flexibility index (Phi) is 7.86. The fourth-order valence-corrected chi connectivity index (χ4v) is 5.67. The largest absolute Gasteiger partial charge is 0.348 e. The lowest BCUT2D eigenvalue weighted by atomic mass is 10.0. The maximum Gasteiger partial charge on any atom is 0.241 e. The number of carbonyl (C=O) groups is 2. The summed E-state index contributed by atoms with van der Waals surface area (Å²) in [4.78, 5) is 27.3. The van der Waals surface area contributed by atoms with Gasteiger partial charge in [0.25, 0.3) is 0 Å². The fraction of sp³-hybridized carbons (Fsp3) is 0.286. The van der Waals surface area contributed by atoms with Gasteiger partial charge in [-0.3, -0.25) is 9.59 Å². The maximum atomic E-state index is 13.4. The molecule has 1 aliphatic rings. The Morgan fingerprint density at radius 3 is 2.31 bits per heavy atom. The van der Waals surface area contributed by atoms with Gasteiger partial charge in [0.15, 0.2) is 0 Å². The molecule has 188 valence electrons. The van der Waals surface area contributed by atoms with E-state index in [-0.39, 0.29) is 23.3 Å². The number of hydrogen-bond acceptors (Lipinski definition) is 4. The van der Waals surface area contributed by atoms with Crippen LogP contribution in [-0.4, -0.2) is 32.8 Å². The normalized spacial score (nSPS) is 14.7. The molecule has 2 amide bonds. The summed E-state index contributed by atoms with van der Waals surface area (Å²) in [6, 6.07) is 22.3. The Hall–Kier alpha value is -3.49. The van der Waals surface area contributed by atoms with Crippen LogP contribution in [-0.2, 0) is 32.5 Å². The van der Waals surface area contributed by atoms with E-state index in [0.717, 1.165) is 22.4 Å². The molecule has 0 saturated heterocycles. The molecule has 0 unspecified atom stereocenters. The van der Waals surface area contributed by atoms with Crippen LogP contribution >= 0.6 is 0 Å². The summed E-state index contributed by atoms with van der Waals surface area (Å²) in [6.45, 7) is 4.21. The first-order valence-electron chi connectivity index (χ1n) is 12.1. The van der Waals surface area contributed by atoms with Crippen LogP contribution in [0.15, 0.2) is 83.8 Å². The Bertz CT molecular complexity index is 1330. The minimum atomic E-state index is -4.00. The molecule has 8 heteroatoms. The molecule has 0 radical (unpaired) electrons. The zero-order valence-electron chi connectivity index (χ0n) is 20.5. The zero-order valence-corrected chi connectivity index (χ0v) is 21.3. The maximum absolute atomic E-state index is 13.4. The third kappa shape index (κ3) is 5.83. The van der Waals surface area contributed by atoms with Gasteiger partial charge >= 0.3 is 0 Å². The number of rotatable bonds is 9. The van der Waals surface area contributed by atoms with Crippen molar-refractivity contribution in [3.8, 4) is 0 Å². The van der Waals surface area contributed by atoms with Gasteiger partial charge in [0.1, 0.15) is 6.04 Å². The molecule has 1 heterocycles. The Balaban J connectivity index is 1.57. The summed E-state index contributed by atoms with van der Waals surface area (Å²) in [6.07, 6.45) is 1.18. The lowest BCUT2D eigenvalue weighted by molar-refractivity contribution is -0.123. The molecular weight excluding hydrogens is 474 g/mol. The molecule has 0 bridgehead atoms. The van der Waals surface area contributed by atoms with Gasteiger partial charge < -0.3 is 10.2 Å². The van der Waals surface area contributed by atoms with Crippen LogP contribution < -0.4 is 14.9 Å². The second-order valence-corrected chi connectivity index (χ2v) is 10.7. The molecular formula is C28H31N3O4S. The van der Waals surface area contributed by atoms with Crippen molar-refractivity contribution in [3.63, 3.8) is 0 Å². The molecule has 0 aromatic heterocycles. The number of nitrogens with zero attached hydrogens (tertiary/aromatic N) is 1. The molecule has 3 aromatic carbocycles. The minimum absolute atomic E-state index is 0.00890. The lowest BCUT2D eigenvalue weighted by Gasteiger charge is -2.22. The van der Waals surface area contributed by atoms with E-state index in [2.05, 4.69) is 10.0 Å². The SMILES string of the molecule is CCC(=O)N1CCc2cc(S(=O)(=O)N[C@@H](Cc3ccccc3)C(=O)N[C@H](C)c3ccccc3)ccc21. The molecule has 0 saturated carbocycles. The highest BCUT2D eigenvalue weighted by atomic mass is 32.2. The number of hydrogen-bond donors (Lipinski definition) is 2. The van der Waals surface area contributed by atoms with Crippen LogP contribution in [0.25, 0.3) is 0 Å². The van der Waals surface area contributed by atoms with Crippen molar-refractivity contribution in [2.75, 3.05) is 11.4 Å². The topological polar surface area (TPSA) is 95.6 Å². The smallest absolute Gasteiger partial charge is 0.241 e. The fourth-order valence-electron chi connectivity index (χ4n) is 4.43. The Morgan fingerprint density at radius 2 is 1.64 bits per heavy atom. The summed E-state index contributed by atoms with van der Waals surface area (Å²) >= 11 is 0. The second-order valence-electron chi connectivity index (χ2n) is 8.94. The standard InChI is InChI=1S/C28H31N3O4S/c1-3-27(32)31-17-16-23-19-24(14-15-26(23)31)36(34,35)30-25(18-21-10-6-4-7-11-21)28(33)29-20(2)22-12-8-5-9-13-22/h4-15,19-20,25,30H,3,16-18H2,1-2H3,(H,29,33)/t20-,25+/m1/s1. The molecule has 0 aliphatic carbocycles. The third-order valence-corrected chi connectivity index (χ3v) is 7.88. The lowest BCUT2D eigenvalue weighted by Crippen LogP contribution is -2.48. The monoisotopic (exact) mass is 505 g/mol. The summed E-state index contributed by atoms with van der Waals surface area (Å²) in [5, 5.41) is 2.95. The number of carbonyl (C=O) groups excluding carboxylic acids is 2. The molecule has 2 N–H and O–H groups in total. The highest BCUT2D eigenvalue weighted by Crippen LogP contribution is 2.30. The number of benzene rings is 3. The van der Waals surface area contributed by atoms with Crippen molar-refractivity contribution in [3.05, 3.63) is 95.6 Å². The van der Waals surface area contributed by atoms with Crippen LogP contribution in [0.4, 0.5) is 5.69 Å². The van der Waals surface area contributed by atoms with Crippen LogP contribution in [0.1, 0.15) is 43.0 Å². The summed E-state index contributed by atoms with van der Waals surface area (Å²) in [5.74, 6) is -0.394. The highest BCUT2D eigenvalue weighted by molar-refractivity contribution is 7.89. The van der Waals surface area contributed by atoms with Crippen molar-refractivity contribution < 1.29 is 18.0 Å². The molecule has 0 spiro atoms. The minimum Gasteiger partial charge on any atom is -0.348 e. The van der Waals surface area contributed by atoms with Gasteiger partial charge in [0.05, 0.1) is 10.9 Å². The third-order valence-electron chi connectivity index (χ3n) is 6.42. The Labute approximate surface area is 212 Å². The van der Waals surface area contributed by atoms with Crippen molar-refractivity contribution in [1.29, 1.82) is 0 Å². The van der Waals surface area contributed by atoms with E-state index in [9.17, 15) is 18.0 Å². The molecule has 3 aromatic rings. The van der Waals surface area contributed by atoms with E-state index >= 15 is 0 Å². The average Bonchev–Trinajstić information content (AvgIpc) is 3.32. The molecule has 2 atom stereocenters. The van der Waals surface area contributed by atoms with Gasteiger partial charge in [-0.1, -0.05) is 67.6 Å². The first-order chi connectivity index (χ1) is 17.3. The number of amides is 2. The van der Waals surface area contributed by atoms with Gasteiger partial charge in [-0.2, -0.15) is 4.72 Å². The van der Waals surface area contributed by atoms with Gasteiger partial charge in [-0.25, -0.2) is 8.42 Å². The molecule has 4 rings (SSSR count). The molecule has 7 nitrogen and oxygen atoms in total. The summed E-state index contributed by atoms with van der Waals surface area (Å²) in [7, 11) is -4.00. The van der Waals surface area contributed by atoms with Crippen molar-refractivity contribution >= 4 is 27.5 Å². The second kappa shape index (κ2) is 11.1. The quantitative estimate of drug-likeness (QED) is 0.463. The predicted octanol–water partition coefficient (Wildman–Crippen LogP) is 3.75. The molecule has 0 fully saturated rings. The van der Waals surface area contributed by atoms with E-state index < -0.39 is 22.0 Å². The van der Waals surface area contributed by atoms with E-state index in [0.29, 0.717) is 19.4 Å². The number of anilines is 1. The van der Waals surface area contributed by atoms with E-state index in [4.69, 9.17) is 0 Å². The molecule has 1 aliphatic heterocycles. The van der Waals surface area contributed by atoms with Crippen LogP contribution in [0.3, 0.4) is 0 Å². The van der Waals surface area contributed by atoms with Crippen molar-refractivity contribution in [1.82, 2.24) is 10.0 Å². The Morgan fingerprint density at radius 1 is 0.972 bits per heavy atom. The van der Waals surface area contributed by atoms with Gasteiger partial charge in [0, 0.05) is 18.7 Å². The van der Waals surface area contributed by atoms with E-state index in [1.807, 2.05) is 67.6 Å². The number of fused-ring (bicyclic) bond motifs is 1. The van der Waals surface area contributed by atoms with Crippen LogP contribution in [0, 0.1) is 0 Å². The first kappa shape index (κ1) is 25.6. The number of nitrogens with one attached hydrogen (secondary N) is 2. The summed E-state index contributed by atoms with van der Waals surface area (Å²) in [5.41, 5.74) is 3.32. The van der Waals surface area contributed by atoms with Gasteiger partial charge in [-0.05, 0) is 54.7 Å². The highest BCUT2D eigenvalue weighted by Gasteiger charge is 2.30. The van der Waals surface area contributed by atoms with Crippen molar-refractivity contribution in [2.45, 2.75) is 50.1 Å². The van der Waals surface area contributed by atoms with Gasteiger partial charge in [-0.15, -0.1) is 0 Å². The zero-order chi connectivity index (χ0) is 25.7. The summed E-state index contributed by atoms with van der Waals surface area (Å²) < 4.78 is 29.4. The van der Waals surface area contributed by atoms with Crippen LogP contribution in [0.5, 0.6) is 0 Å². The van der Waals surface area contributed by atoms with Crippen molar-refractivity contribution in [2.24, 2.45) is 0 Å². The van der Waals surface area contributed by atoms with Gasteiger partial charge in [0.2, 0.25) is 21.8 Å². The van der Waals surface area contributed by atoms with E-state index in [1.54, 1.807) is 24.0 Å². The molecule has 36 heavy (non-hydrogen) atoms. The average molecular weight is 506 g/mol. The number of sulfonamides is 1. The predicted molar refractivity (Wildman–Crippen MR) is 140 cm³/mol. The first-order valence-corrected chi connectivity index (χ1v) is 13.6. The van der Waals surface area contributed by atoms with Crippen LogP contribution in [0.2, 0.25) is 0 Å².